The molecule has 0 bridgehead atoms. The summed E-state index contributed by atoms with van der Waals surface area (Å²) in [6.07, 6.45) is 3.76. The number of amides is 2. The van der Waals surface area contributed by atoms with Gasteiger partial charge >= 0.3 is 0 Å². The Hall–Kier alpha value is -3.48. The van der Waals surface area contributed by atoms with Crippen molar-refractivity contribution < 1.29 is 18.4 Å². The van der Waals surface area contributed by atoms with E-state index < -0.39 is 0 Å². The summed E-state index contributed by atoms with van der Waals surface area (Å²) in [5, 5.41) is 2.85. The number of rotatable bonds is 8. The number of anilines is 2. The molecule has 0 fully saturated rings. The lowest BCUT2D eigenvalue weighted by Crippen LogP contribution is -2.38. The molecule has 1 N–H and O–H groups in total. The number of carbonyl (C=O) groups excluding carboxylic acids is 2. The summed E-state index contributed by atoms with van der Waals surface area (Å²) in [5.74, 6) is 0.0597. The zero-order valence-electron chi connectivity index (χ0n) is 17.7. The Morgan fingerprint density at radius 3 is 2.27 bits per heavy atom. The Kier molecular flexibility index (Phi) is 6.61. The summed E-state index contributed by atoms with van der Waals surface area (Å²) in [7, 11) is 3.89. The smallest absolute Gasteiger partial charge is 0.291 e. The average Bonchev–Trinajstić information content (AvgIpc) is 3.45. The van der Waals surface area contributed by atoms with E-state index in [0.717, 1.165) is 17.7 Å². The minimum Gasteiger partial charge on any atom is -0.459 e. The Labute approximate surface area is 176 Å². The predicted octanol–water partition coefficient (Wildman–Crippen LogP) is 4.63. The molecule has 2 aromatic heterocycles. The Balaban J connectivity index is 1.90. The highest BCUT2D eigenvalue weighted by Gasteiger charge is 2.24. The van der Waals surface area contributed by atoms with Gasteiger partial charge in [-0.05, 0) is 61.4 Å². The zero-order valence-corrected chi connectivity index (χ0v) is 17.7. The van der Waals surface area contributed by atoms with Gasteiger partial charge in [0.1, 0.15) is 0 Å². The lowest BCUT2D eigenvalue weighted by Gasteiger charge is -2.30. The fraction of sp³-hybridized carbons (Fsp3) is 0.304. The molecule has 0 aliphatic rings. The molecule has 1 atom stereocenters. The van der Waals surface area contributed by atoms with Crippen molar-refractivity contribution in [2.75, 3.05) is 24.3 Å². The maximum absolute atomic E-state index is 13.0. The first-order chi connectivity index (χ1) is 14.4. The molecule has 3 aromatic rings. The monoisotopic (exact) mass is 409 g/mol. The van der Waals surface area contributed by atoms with Gasteiger partial charge in [0.2, 0.25) is 0 Å². The Morgan fingerprint density at radius 2 is 1.70 bits per heavy atom. The number of benzene rings is 1. The van der Waals surface area contributed by atoms with Crippen molar-refractivity contribution in [1.82, 2.24) is 4.90 Å². The summed E-state index contributed by atoms with van der Waals surface area (Å²) < 4.78 is 10.5. The quantitative estimate of drug-likeness (QED) is 0.587. The number of nitrogens with one attached hydrogen (secondary N) is 1. The molecule has 0 spiro atoms. The van der Waals surface area contributed by atoms with Gasteiger partial charge in [-0.3, -0.25) is 9.59 Å². The van der Waals surface area contributed by atoms with Crippen molar-refractivity contribution in [2.45, 2.75) is 32.9 Å². The molecule has 3 rings (SSSR count). The number of carbonyl (C=O) groups is 2. The molecule has 0 unspecified atom stereocenters. The van der Waals surface area contributed by atoms with Crippen LogP contribution in [0.1, 0.15) is 46.9 Å². The van der Waals surface area contributed by atoms with Gasteiger partial charge in [0.05, 0.1) is 12.5 Å². The van der Waals surface area contributed by atoms with Crippen LogP contribution in [0.15, 0.2) is 63.8 Å². The minimum absolute atomic E-state index is 0.0129. The van der Waals surface area contributed by atoms with Crippen LogP contribution in [-0.2, 0) is 6.54 Å². The number of hydrogen-bond donors (Lipinski definition) is 1. The van der Waals surface area contributed by atoms with Crippen LogP contribution in [0, 0.1) is 0 Å². The summed E-state index contributed by atoms with van der Waals surface area (Å²) in [6, 6.07) is 12.3. The van der Waals surface area contributed by atoms with E-state index in [0.29, 0.717) is 18.0 Å². The molecule has 0 radical (unpaired) electrons. The zero-order chi connectivity index (χ0) is 21.7. The average molecular weight is 409 g/mol. The van der Waals surface area contributed by atoms with E-state index in [-0.39, 0.29) is 23.6 Å². The van der Waals surface area contributed by atoms with Crippen LogP contribution in [0.2, 0.25) is 0 Å². The van der Waals surface area contributed by atoms with Crippen LogP contribution in [0.25, 0.3) is 0 Å². The fourth-order valence-electron chi connectivity index (χ4n) is 3.20. The van der Waals surface area contributed by atoms with Crippen molar-refractivity contribution in [3.63, 3.8) is 0 Å². The van der Waals surface area contributed by atoms with Crippen LogP contribution in [0.5, 0.6) is 0 Å². The highest BCUT2D eigenvalue weighted by atomic mass is 16.3. The van der Waals surface area contributed by atoms with Gasteiger partial charge < -0.3 is 24.0 Å². The molecule has 7 heteroatoms. The van der Waals surface area contributed by atoms with Gasteiger partial charge in [-0.1, -0.05) is 6.92 Å². The van der Waals surface area contributed by atoms with E-state index in [1.807, 2.05) is 51.0 Å². The molecule has 2 heterocycles. The van der Waals surface area contributed by atoms with E-state index >= 15 is 0 Å². The van der Waals surface area contributed by atoms with Gasteiger partial charge in [0, 0.05) is 38.1 Å². The molecule has 0 saturated heterocycles. The first kappa shape index (κ1) is 21.2. The number of hydrogen-bond acceptors (Lipinski definition) is 5. The Bertz CT molecular complexity index is 978. The van der Waals surface area contributed by atoms with E-state index in [1.54, 1.807) is 29.2 Å². The first-order valence-corrected chi connectivity index (χ1v) is 9.90. The SMILES string of the molecule is CC[C@H](C)N(Cc1cc(NC(=O)c2ccco2)ccc1N(C)C)C(=O)c1ccco1. The molecule has 0 aliphatic heterocycles. The molecule has 30 heavy (non-hydrogen) atoms. The van der Waals surface area contributed by atoms with Crippen molar-refractivity contribution in [1.29, 1.82) is 0 Å². The third-order valence-electron chi connectivity index (χ3n) is 5.02. The van der Waals surface area contributed by atoms with Gasteiger partial charge in [0.15, 0.2) is 11.5 Å². The normalized spacial score (nSPS) is 11.7. The molecule has 0 aliphatic carbocycles. The molecule has 0 saturated carbocycles. The van der Waals surface area contributed by atoms with Crippen molar-refractivity contribution in [2.24, 2.45) is 0 Å². The summed E-state index contributed by atoms with van der Waals surface area (Å²) in [5.41, 5.74) is 2.51. The molecule has 7 nitrogen and oxygen atoms in total. The molecule has 2 amide bonds. The Morgan fingerprint density at radius 1 is 1.03 bits per heavy atom. The third kappa shape index (κ3) is 4.74. The van der Waals surface area contributed by atoms with Gasteiger partial charge in [-0.25, -0.2) is 0 Å². The highest BCUT2D eigenvalue weighted by molar-refractivity contribution is 6.02. The standard InChI is InChI=1S/C23H27N3O4/c1-5-16(2)26(23(28)21-9-7-13-30-21)15-17-14-18(10-11-19(17)25(3)4)24-22(27)20-8-6-12-29-20/h6-14,16H,5,15H2,1-4H3,(H,24,27)/t16-/m0/s1. The first-order valence-electron chi connectivity index (χ1n) is 9.90. The van der Waals surface area contributed by atoms with E-state index in [1.165, 1.54) is 12.5 Å². The van der Waals surface area contributed by atoms with Crippen LogP contribution < -0.4 is 10.2 Å². The van der Waals surface area contributed by atoms with Crippen LogP contribution in [0.3, 0.4) is 0 Å². The maximum atomic E-state index is 13.0. The van der Waals surface area contributed by atoms with E-state index in [4.69, 9.17) is 8.83 Å². The van der Waals surface area contributed by atoms with Crippen LogP contribution in [0.4, 0.5) is 11.4 Å². The molecular weight excluding hydrogens is 382 g/mol. The highest BCUT2D eigenvalue weighted by Crippen LogP contribution is 2.27. The topological polar surface area (TPSA) is 78.9 Å². The van der Waals surface area contributed by atoms with Gasteiger partial charge in [-0.2, -0.15) is 0 Å². The maximum Gasteiger partial charge on any atom is 0.291 e. The second-order valence-corrected chi connectivity index (χ2v) is 7.34. The fourth-order valence-corrected chi connectivity index (χ4v) is 3.20. The van der Waals surface area contributed by atoms with E-state index in [2.05, 4.69) is 5.32 Å². The van der Waals surface area contributed by atoms with Gasteiger partial charge in [0.25, 0.3) is 11.8 Å². The predicted molar refractivity (Wildman–Crippen MR) is 116 cm³/mol. The lowest BCUT2D eigenvalue weighted by atomic mass is 10.1. The second kappa shape index (κ2) is 9.35. The lowest BCUT2D eigenvalue weighted by molar-refractivity contribution is 0.0639. The summed E-state index contributed by atoms with van der Waals surface area (Å²) >= 11 is 0. The minimum atomic E-state index is -0.325. The molecular formula is C23H27N3O4. The number of nitrogens with zero attached hydrogens (tertiary/aromatic N) is 2. The van der Waals surface area contributed by atoms with Crippen LogP contribution in [-0.4, -0.2) is 36.9 Å². The largest absolute Gasteiger partial charge is 0.459 e. The van der Waals surface area contributed by atoms with Crippen molar-refractivity contribution in [3.05, 3.63) is 72.1 Å². The summed E-state index contributed by atoms with van der Waals surface area (Å²) in [6.45, 7) is 4.44. The van der Waals surface area contributed by atoms with Crippen molar-refractivity contribution >= 4 is 23.2 Å². The van der Waals surface area contributed by atoms with Crippen LogP contribution >= 0.6 is 0 Å². The molecule has 1 aromatic carbocycles. The molecule has 158 valence electrons. The third-order valence-corrected chi connectivity index (χ3v) is 5.02. The second-order valence-electron chi connectivity index (χ2n) is 7.34. The van der Waals surface area contributed by atoms with Crippen molar-refractivity contribution in [3.8, 4) is 0 Å². The van der Waals surface area contributed by atoms with E-state index in [9.17, 15) is 9.59 Å². The number of furan rings is 2. The summed E-state index contributed by atoms with van der Waals surface area (Å²) in [4.78, 5) is 29.2. The van der Waals surface area contributed by atoms with Gasteiger partial charge in [-0.15, -0.1) is 0 Å².